The Hall–Kier alpha value is -2.29. The van der Waals surface area contributed by atoms with E-state index in [-0.39, 0.29) is 0 Å². The van der Waals surface area contributed by atoms with E-state index < -0.39 is 6.10 Å². The summed E-state index contributed by atoms with van der Waals surface area (Å²) in [6.07, 6.45) is 0.946. The zero-order chi connectivity index (χ0) is 16.5. The van der Waals surface area contributed by atoms with Crippen LogP contribution in [-0.4, -0.2) is 24.7 Å². The molecule has 1 unspecified atom stereocenters. The van der Waals surface area contributed by atoms with Gasteiger partial charge in [0.05, 0.1) is 6.54 Å². The predicted molar refractivity (Wildman–Crippen MR) is 95.5 cm³/mol. The van der Waals surface area contributed by atoms with Crippen molar-refractivity contribution in [3.63, 3.8) is 0 Å². The lowest BCUT2D eigenvalue weighted by atomic mass is 10.2. The number of anilines is 1. The Balaban J connectivity index is 1.51. The summed E-state index contributed by atoms with van der Waals surface area (Å²) in [5, 5.41) is 19.9. The van der Waals surface area contributed by atoms with Crippen molar-refractivity contribution >= 4 is 34.3 Å². The monoisotopic (exact) mass is 357 g/mol. The minimum absolute atomic E-state index is 0.547. The molecule has 0 radical (unpaired) electrons. The van der Waals surface area contributed by atoms with Gasteiger partial charge in [0.2, 0.25) is 0 Å². The Morgan fingerprint density at radius 1 is 1.29 bits per heavy atom. The highest BCUT2D eigenvalue weighted by Crippen LogP contribution is 2.31. The minimum Gasteiger partial charge on any atom is -0.382 e. The molecule has 6 nitrogen and oxygen atoms in total. The van der Waals surface area contributed by atoms with Crippen LogP contribution in [0.3, 0.4) is 0 Å². The lowest BCUT2D eigenvalue weighted by Crippen LogP contribution is -2.06. The lowest BCUT2D eigenvalue weighted by molar-refractivity contribution is 0.228. The number of aliphatic hydroxyl groups excluding tert-OH is 1. The van der Waals surface area contributed by atoms with Gasteiger partial charge in [-0.05, 0) is 30.5 Å². The van der Waals surface area contributed by atoms with Crippen LogP contribution in [0.4, 0.5) is 5.82 Å². The van der Waals surface area contributed by atoms with Crippen molar-refractivity contribution in [1.29, 1.82) is 0 Å². The number of thiophene rings is 2. The largest absolute Gasteiger partial charge is 0.382 e. The van der Waals surface area contributed by atoms with Crippen molar-refractivity contribution < 1.29 is 5.11 Å². The van der Waals surface area contributed by atoms with Gasteiger partial charge < -0.3 is 10.4 Å². The van der Waals surface area contributed by atoms with Gasteiger partial charge in [-0.2, -0.15) is 14.6 Å². The third-order valence-corrected chi connectivity index (χ3v) is 5.65. The smallest absolute Gasteiger partial charge is 0.254 e. The summed E-state index contributed by atoms with van der Waals surface area (Å²) in [5.41, 5.74) is 0.887. The Labute approximate surface area is 146 Å². The van der Waals surface area contributed by atoms with Crippen LogP contribution in [0.2, 0.25) is 0 Å². The van der Waals surface area contributed by atoms with Crippen molar-refractivity contribution in [3.8, 4) is 0 Å². The third-order valence-electron chi connectivity index (χ3n) is 3.59. The van der Waals surface area contributed by atoms with Crippen LogP contribution in [0.1, 0.15) is 26.4 Å². The quantitative estimate of drug-likeness (QED) is 0.573. The highest BCUT2D eigenvalue weighted by Gasteiger charge is 2.14. The first-order chi connectivity index (χ1) is 11.7. The molecule has 4 aromatic heterocycles. The SMILES string of the molecule is Cc1cc(NCc2ccc(C(O)c3cccs3)s2)n2ncnc2n1. The number of nitrogens with zero attached hydrogens (tertiary/aromatic N) is 4. The van der Waals surface area contributed by atoms with E-state index in [9.17, 15) is 5.11 Å². The van der Waals surface area contributed by atoms with E-state index in [1.165, 1.54) is 6.33 Å². The maximum Gasteiger partial charge on any atom is 0.254 e. The van der Waals surface area contributed by atoms with Crippen LogP contribution in [0.15, 0.2) is 42.0 Å². The van der Waals surface area contributed by atoms with Gasteiger partial charge in [-0.25, -0.2) is 4.98 Å². The number of nitrogens with one attached hydrogen (secondary N) is 1. The molecule has 0 bridgehead atoms. The maximum atomic E-state index is 10.4. The number of aryl methyl sites for hydroxylation is 1. The molecule has 0 saturated heterocycles. The van der Waals surface area contributed by atoms with Gasteiger partial charge in [-0.15, -0.1) is 22.7 Å². The molecule has 0 amide bonds. The van der Waals surface area contributed by atoms with Crippen LogP contribution >= 0.6 is 22.7 Å². The number of rotatable bonds is 5. The summed E-state index contributed by atoms with van der Waals surface area (Å²) < 4.78 is 1.68. The second-order valence-electron chi connectivity index (χ2n) is 5.33. The van der Waals surface area contributed by atoms with E-state index in [0.717, 1.165) is 26.1 Å². The normalized spacial score (nSPS) is 12.6. The van der Waals surface area contributed by atoms with Crippen LogP contribution < -0.4 is 5.32 Å². The maximum absolute atomic E-state index is 10.4. The number of fused-ring (bicyclic) bond motifs is 1. The van der Waals surface area contributed by atoms with E-state index in [2.05, 4.69) is 20.4 Å². The Kier molecular flexibility index (Phi) is 4.01. The molecule has 0 aliphatic carbocycles. The summed E-state index contributed by atoms with van der Waals surface area (Å²) in [5.74, 6) is 1.43. The van der Waals surface area contributed by atoms with Crippen molar-refractivity contribution in [2.24, 2.45) is 0 Å². The topological polar surface area (TPSA) is 75.3 Å². The standard InChI is InChI=1S/C16H15N5OS2/c1-10-7-14(21-16(20-10)18-9-19-21)17-8-11-4-5-13(24-11)15(22)12-3-2-6-23-12/h2-7,9,15,17,22H,8H2,1H3. The molecule has 1 atom stereocenters. The zero-order valence-electron chi connectivity index (χ0n) is 12.9. The van der Waals surface area contributed by atoms with E-state index in [1.807, 2.05) is 42.6 Å². The molecule has 4 rings (SSSR count). The molecule has 4 aromatic rings. The summed E-state index contributed by atoms with van der Waals surface area (Å²) in [6.45, 7) is 2.58. The highest BCUT2D eigenvalue weighted by atomic mass is 32.1. The molecule has 2 N–H and O–H groups in total. The molecule has 24 heavy (non-hydrogen) atoms. The Morgan fingerprint density at radius 3 is 3.04 bits per heavy atom. The summed E-state index contributed by atoms with van der Waals surface area (Å²) in [4.78, 5) is 11.5. The van der Waals surface area contributed by atoms with Gasteiger partial charge in [0.25, 0.3) is 5.78 Å². The Morgan fingerprint density at radius 2 is 2.21 bits per heavy atom. The molecule has 0 aliphatic rings. The number of hydrogen-bond donors (Lipinski definition) is 2. The molecule has 0 aliphatic heterocycles. The molecule has 8 heteroatoms. The van der Waals surface area contributed by atoms with Crippen molar-refractivity contribution in [2.45, 2.75) is 19.6 Å². The fourth-order valence-electron chi connectivity index (χ4n) is 2.46. The minimum atomic E-state index is -0.547. The van der Waals surface area contributed by atoms with Crippen LogP contribution in [0.25, 0.3) is 5.78 Å². The van der Waals surface area contributed by atoms with Crippen molar-refractivity contribution in [3.05, 3.63) is 62.4 Å². The van der Waals surface area contributed by atoms with Crippen LogP contribution in [0.5, 0.6) is 0 Å². The van der Waals surface area contributed by atoms with Crippen molar-refractivity contribution in [2.75, 3.05) is 5.32 Å². The first-order valence-electron chi connectivity index (χ1n) is 7.42. The van der Waals surface area contributed by atoms with Crippen molar-refractivity contribution in [1.82, 2.24) is 19.6 Å². The Bertz CT molecular complexity index is 960. The average Bonchev–Trinajstić information content (AvgIpc) is 3.31. The second-order valence-corrected chi connectivity index (χ2v) is 7.51. The molecule has 0 saturated carbocycles. The summed E-state index contributed by atoms with van der Waals surface area (Å²) in [6, 6.07) is 9.87. The molecular weight excluding hydrogens is 342 g/mol. The third kappa shape index (κ3) is 2.91. The first kappa shape index (κ1) is 15.3. The van der Waals surface area contributed by atoms with E-state index in [4.69, 9.17) is 0 Å². The molecular formula is C16H15N5OS2. The van der Waals surface area contributed by atoms with E-state index in [1.54, 1.807) is 27.2 Å². The molecule has 0 fully saturated rings. The van der Waals surface area contributed by atoms with Crippen LogP contribution in [0, 0.1) is 6.92 Å². The molecule has 0 spiro atoms. The van der Waals surface area contributed by atoms with E-state index >= 15 is 0 Å². The number of aliphatic hydroxyl groups is 1. The van der Waals surface area contributed by atoms with Gasteiger partial charge in [0.1, 0.15) is 18.2 Å². The second kappa shape index (κ2) is 6.31. The van der Waals surface area contributed by atoms with Gasteiger partial charge in [0, 0.05) is 26.4 Å². The van der Waals surface area contributed by atoms with E-state index in [0.29, 0.717) is 12.3 Å². The van der Waals surface area contributed by atoms with Gasteiger partial charge in [0.15, 0.2) is 0 Å². The van der Waals surface area contributed by atoms with Gasteiger partial charge >= 0.3 is 0 Å². The first-order valence-corrected chi connectivity index (χ1v) is 9.11. The highest BCUT2D eigenvalue weighted by molar-refractivity contribution is 7.12. The molecule has 122 valence electrons. The fourth-order valence-corrected chi connectivity index (χ4v) is 4.22. The lowest BCUT2D eigenvalue weighted by Gasteiger charge is -2.08. The van der Waals surface area contributed by atoms with Gasteiger partial charge in [-0.1, -0.05) is 6.07 Å². The summed E-state index contributed by atoms with van der Waals surface area (Å²) >= 11 is 3.17. The zero-order valence-corrected chi connectivity index (χ0v) is 14.5. The van der Waals surface area contributed by atoms with Gasteiger partial charge in [-0.3, -0.25) is 0 Å². The van der Waals surface area contributed by atoms with Crippen LogP contribution in [-0.2, 0) is 6.54 Å². The summed E-state index contributed by atoms with van der Waals surface area (Å²) in [7, 11) is 0. The average molecular weight is 357 g/mol. The fraction of sp³-hybridized carbons (Fsp3) is 0.188. The number of aromatic nitrogens is 4. The number of hydrogen-bond acceptors (Lipinski definition) is 7. The molecule has 0 aromatic carbocycles. The predicted octanol–water partition coefficient (Wildman–Crippen LogP) is 3.25. The molecule has 4 heterocycles.